The second kappa shape index (κ2) is 21.3. The minimum Gasteiger partial charge on any atom is -0.507 e. The molecule has 0 fully saturated rings. The van der Waals surface area contributed by atoms with E-state index in [2.05, 4.69) is 259 Å². The Morgan fingerprint density at radius 3 is 1.64 bits per heavy atom. The predicted molar refractivity (Wildman–Crippen MR) is 331 cm³/mol. The molecule has 0 spiro atoms. The number of imidazole rings is 2. The molecular formula is C73H76N5OPt-. The van der Waals surface area contributed by atoms with Gasteiger partial charge < -0.3 is 9.67 Å². The Morgan fingerprint density at radius 1 is 0.500 bits per heavy atom. The topological polar surface area (TPSA) is 79.7 Å². The van der Waals surface area contributed by atoms with Crippen LogP contribution in [0.15, 0.2) is 152 Å². The van der Waals surface area contributed by atoms with Gasteiger partial charge in [-0.1, -0.05) is 213 Å². The van der Waals surface area contributed by atoms with E-state index >= 15 is 0 Å². The van der Waals surface area contributed by atoms with Crippen molar-refractivity contribution in [2.45, 2.75) is 144 Å². The van der Waals surface area contributed by atoms with Crippen molar-refractivity contribution in [1.29, 1.82) is 5.26 Å². The third kappa shape index (κ3) is 10.6. The van der Waals surface area contributed by atoms with Gasteiger partial charge in [0, 0.05) is 37.9 Å². The molecule has 0 amide bonds. The molecule has 6 nitrogen and oxygen atoms in total. The van der Waals surface area contributed by atoms with E-state index in [1.54, 1.807) is 0 Å². The number of para-hydroxylation sites is 2. The van der Waals surface area contributed by atoms with Gasteiger partial charge in [0.25, 0.3) is 0 Å². The first-order valence-electron chi connectivity index (χ1n) is 28.1. The molecule has 0 aliphatic heterocycles. The molecule has 0 saturated carbocycles. The van der Waals surface area contributed by atoms with E-state index in [0.29, 0.717) is 22.8 Å². The van der Waals surface area contributed by atoms with Crippen LogP contribution in [0.3, 0.4) is 0 Å². The van der Waals surface area contributed by atoms with Gasteiger partial charge >= 0.3 is 0 Å². The van der Waals surface area contributed by atoms with Gasteiger partial charge in [-0.3, -0.25) is 9.55 Å². The minimum absolute atomic E-state index is 0. The van der Waals surface area contributed by atoms with Gasteiger partial charge in [-0.2, -0.15) is 5.26 Å². The Hall–Kier alpha value is -7.32. The third-order valence-electron chi connectivity index (χ3n) is 15.7. The van der Waals surface area contributed by atoms with Crippen LogP contribution in [-0.4, -0.2) is 24.2 Å². The Kier molecular flexibility index (Phi) is 15.3. The fraction of sp³-hybridized carbons (Fsp3) is 0.301. The molecule has 0 unspecified atom stereocenters. The number of aromatic hydroxyl groups is 1. The molecule has 0 radical (unpaired) electrons. The van der Waals surface area contributed by atoms with E-state index in [0.717, 1.165) is 77.9 Å². The molecule has 0 aliphatic rings. The van der Waals surface area contributed by atoms with Crippen LogP contribution >= 0.6 is 0 Å². The molecule has 10 rings (SSSR count). The normalized spacial score (nSPS) is 12.4. The predicted octanol–water partition coefficient (Wildman–Crippen LogP) is 19.5. The van der Waals surface area contributed by atoms with Gasteiger partial charge in [0.05, 0.1) is 44.7 Å². The summed E-state index contributed by atoms with van der Waals surface area (Å²) in [6.45, 7) is 35.8. The summed E-state index contributed by atoms with van der Waals surface area (Å²) in [5.41, 5.74) is 19.2. The van der Waals surface area contributed by atoms with Crippen LogP contribution in [0.25, 0.3) is 89.6 Å². The largest absolute Gasteiger partial charge is 0.507 e. The first-order valence-corrected chi connectivity index (χ1v) is 28.1. The van der Waals surface area contributed by atoms with Gasteiger partial charge in [-0.25, -0.2) is 4.98 Å². The summed E-state index contributed by atoms with van der Waals surface area (Å²) in [7, 11) is 0. The summed E-state index contributed by atoms with van der Waals surface area (Å²) >= 11 is 0. The number of nitriles is 1. The van der Waals surface area contributed by atoms with Gasteiger partial charge in [0.2, 0.25) is 0 Å². The van der Waals surface area contributed by atoms with E-state index in [9.17, 15) is 10.4 Å². The molecule has 80 heavy (non-hydrogen) atoms. The maximum atomic E-state index is 12.9. The number of fused-ring (bicyclic) bond motifs is 2. The van der Waals surface area contributed by atoms with Crippen LogP contribution in [-0.2, 0) is 42.7 Å². The van der Waals surface area contributed by atoms with Gasteiger partial charge in [0.15, 0.2) is 0 Å². The van der Waals surface area contributed by atoms with E-state index in [4.69, 9.17) is 9.97 Å². The second-order valence-electron chi connectivity index (χ2n) is 26.4. The monoisotopic (exact) mass is 1230 g/mol. The summed E-state index contributed by atoms with van der Waals surface area (Å²) in [5.74, 6) is 1.87. The second-order valence-corrected chi connectivity index (χ2v) is 26.4. The third-order valence-corrected chi connectivity index (χ3v) is 15.7. The Bertz CT molecular complexity index is 3980. The van der Waals surface area contributed by atoms with Crippen LogP contribution in [0, 0.1) is 17.4 Å². The average molecular weight is 1230 g/mol. The van der Waals surface area contributed by atoms with Crippen LogP contribution in [0.1, 0.15) is 162 Å². The van der Waals surface area contributed by atoms with Crippen molar-refractivity contribution in [1.82, 2.24) is 19.1 Å². The molecular weight excluding hydrogens is 1160 g/mol. The van der Waals surface area contributed by atoms with Crippen molar-refractivity contribution in [3.8, 4) is 79.3 Å². The first kappa shape index (κ1) is 57.4. The maximum absolute atomic E-state index is 12.9. The number of hydrogen-bond acceptors (Lipinski definition) is 4. The zero-order valence-corrected chi connectivity index (χ0v) is 51.9. The quantitative estimate of drug-likeness (QED) is 0.146. The van der Waals surface area contributed by atoms with Gasteiger partial charge in [-0.15, -0.1) is 29.3 Å². The number of hydrogen-bond donors (Lipinski definition) is 1. The van der Waals surface area contributed by atoms with E-state index in [1.165, 1.54) is 27.8 Å². The van der Waals surface area contributed by atoms with E-state index in [-0.39, 0.29) is 60.3 Å². The summed E-state index contributed by atoms with van der Waals surface area (Å²) < 4.78 is 4.55. The molecule has 7 heteroatoms. The summed E-state index contributed by atoms with van der Waals surface area (Å²) in [4.78, 5) is 11.3. The molecule has 0 aliphatic carbocycles. The molecule has 1 N–H and O–H groups in total. The Morgan fingerprint density at radius 2 is 1.06 bits per heavy atom. The van der Waals surface area contributed by atoms with Crippen molar-refractivity contribution in [2.75, 3.05) is 0 Å². The summed E-state index contributed by atoms with van der Waals surface area (Å²) in [6.07, 6.45) is 0. The number of nitrogens with zero attached hydrogens (tertiary/aromatic N) is 5. The molecule has 8 aromatic carbocycles. The van der Waals surface area contributed by atoms with E-state index in [1.807, 2.05) is 24.3 Å². The number of phenols is 1. The summed E-state index contributed by atoms with van der Waals surface area (Å²) in [5, 5.41) is 23.7. The van der Waals surface area contributed by atoms with Crippen molar-refractivity contribution in [2.24, 2.45) is 0 Å². The maximum Gasteiger partial charge on any atom is 0.148 e. The molecule has 0 bridgehead atoms. The van der Waals surface area contributed by atoms with E-state index < -0.39 is 0 Å². The molecule has 0 saturated heterocycles. The first-order chi connectivity index (χ1) is 37.2. The molecule has 10 aromatic rings. The van der Waals surface area contributed by atoms with Crippen molar-refractivity contribution >= 4 is 22.1 Å². The van der Waals surface area contributed by atoms with Crippen LogP contribution < -0.4 is 0 Å². The Balaban J connectivity index is 0.00000774. The number of benzene rings is 8. The standard InChI is InChI=1S/C73H76N5O.Pt/c1-44(2)56-38-49(46-25-19-17-20-26-46)39-57(45(3)4)66(56)78-63-32-24-30-55(64(63)76-69(78)59-41-54(72(11,12)13)42-60(67(59)79)73(14,15)16)50-35-51(37-53(36-50)71(8,9)10)68-75-61-31-23-29-48(43-74)65(61)77(68)62-34-33-52(70(5,6)7)40-58(62)47-27-21-18-22-28-47;/h17-34,36-42,44-45,79H,1-16H3;/q-1;. The fourth-order valence-electron chi connectivity index (χ4n) is 11.1. The minimum atomic E-state index is -0.370. The van der Waals surface area contributed by atoms with Gasteiger partial charge in [-0.05, 0) is 121 Å². The molecule has 0 atom stereocenters. The molecule has 2 aromatic heterocycles. The number of phenolic OH excluding ortho intramolecular Hbond substituents is 1. The van der Waals surface area contributed by atoms with Crippen molar-refractivity contribution in [3.63, 3.8) is 0 Å². The molecule has 2 heterocycles. The molecule has 410 valence electrons. The average Bonchev–Trinajstić information content (AvgIpc) is 4.22. The van der Waals surface area contributed by atoms with Crippen LogP contribution in [0.4, 0.5) is 0 Å². The summed E-state index contributed by atoms with van der Waals surface area (Å²) in [6, 6.07) is 60.3. The Labute approximate surface area is 489 Å². The smallest absolute Gasteiger partial charge is 0.148 e. The van der Waals surface area contributed by atoms with Gasteiger partial charge in [0.1, 0.15) is 17.6 Å². The van der Waals surface area contributed by atoms with Crippen molar-refractivity contribution in [3.05, 3.63) is 197 Å². The van der Waals surface area contributed by atoms with Crippen LogP contribution in [0.5, 0.6) is 5.75 Å². The number of aromatic nitrogens is 4. The SMILES string of the molecule is CC(C)c1cc(-c2ccccc2)cc(C(C)C)c1-n1c(-c2cc(C(C)(C)C)cc(C(C)(C)C)c2O)nc2c(-c3[c-]c(-c4nc5cccc(C#N)c5n4-c4ccc(C(C)(C)C)cc4-c4ccccc4)cc(C(C)(C)C)c3)cccc21.[Pt]. The van der Waals surface area contributed by atoms with Crippen LogP contribution in [0.2, 0.25) is 0 Å². The number of rotatable bonds is 9. The van der Waals surface area contributed by atoms with Crippen molar-refractivity contribution < 1.29 is 26.2 Å². The zero-order valence-electron chi connectivity index (χ0n) is 49.6. The fourth-order valence-corrected chi connectivity index (χ4v) is 11.1. The zero-order chi connectivity index (χ0) is 56.7.